The summed E-state index contributed by atoms with van der Waals surface area (Å²) in [6.45, 7) is 1.89. The van der Waals surface area contributed by atoms with Crippen molar-refractivity contribution in [3.05, 3.63) is 131 Å². The Labute approximate surface area is 334 Å². The molecule has 0 unspecified atom stereocenters. The molecule has 0 fully saturated rings. The summed E-state index contributed by atoms with van der Waals surface area (Å²) in [5.41, 5.74) is 6.94. The van der Waals surface area contributed by atoms with Gasteiger partial charge < -0.3 is 28.7 Å². The third-order valence-electron chi connectivity index (χ3n) is 11.2. The number of thiol groups is 1. The van der Waals surface area contributed by atoms with E-state index in [1.54, 1.807) is 38.7 Å². The predicted octanol–water partition coefficient (Wildman–Crippen LogP) is 7.18. The molecule has 5 aromatic rings. The SMILES string of the molecule is COc1cc2c(cc1OCC[SH](CCOc1cc3c(cc1OC)C(=O)N1Cc4ccccc4C[C@H]1C=N3)c1ccncc1)N=C[C@@H]1Cc3ccccc3CN1C2=O. The number of hydrogen-bond acceptors (Lipinski definition) is 9. The molecule has 2 atom stereocenters. The van der Waals surface area contributed by atoms with Gasteiger partial charge >= 0.3 is 0 Å². The van der Waals surface area contributed by atoms with E-state index in [0.29, 0.717) is 71.8 Å². The zero-order valence-electron chi connectivity index (χ0n) is 31.8. The van der Waals surface area contributed by atoms with Gasteiger partial charge in [-0.1, -0.05) is 48.5 Å². The van der Waals surface area contributed by atoms with Gasteiger partial charge in [0.15, 0.2) is 23.0 Å². The lowest BCUT2D eigenvalue weighted by Gasteiger charge is -2.34. The molecule has 290 valence electrons. The van der Waals surface area contributed by atoms with Gasteiger partial charge in [-0.3, -0.25) is 24.6 Å². The molecular formula is C45H43N5O6S. The molecule has 0 N–H and O–H groups in total. The van der Waals surface area contributed by atoms with Crippen molar-refractivity contribution in [1.29, 1.82) is 0 Å². The van der Waals surface area contributed by atoms with E-state index in [1.807, 2.05) is 70.8 Å². The first kappa shape index (κ1) is 36.5. The van der Waals surface area contributed by atoms with Gasteiger partial charge in [-0.15, -0.1) is 0 Å². The number of benzene rings is 4. The highest BCUT2D eigenvalue weighted by atomic mass is 32.2. The Bertz CT molecular complexity index is 2260. The number of rotatable bonds is 11. The van der Waals surface area contributed by atoms with E-state index < -0.39 is 10.9 Å². The molecule has 0 aliphatic carbocycles. The summed E-state index contributed by atoms with van der Waals surface area (Å²) in [6, 6.07) is 27.5. The first-order valence-electron chi connectivity index (χ1n) is 19.2. The number of pyridine rings is 1. The number of aliphatic imine (C=N–C) groups is 2. The van der Waals surface area contributed by atoms with Crippen molar-refractivity contribution < 1.29 is 28.5 Å². The van der Waals surface area contributed by atoms with Crippen LogP contribution in [0, 0.1) is 0 Å². The lowest BCUT2D eigenvalue weighted by atomic mass is 9.94. The monoisotopic (exact) mass is 781 g/mol. The minimum Gasteiger partial charge on any atom is -0.493 e. The Kier molecular flexibility index (Phi) is 10.1. The van der Waals surface area contributed by atoms with Crippen LogP contribution in [0.4, 0.5) is 11.4 Å². The van der Waals surface area contributed by atoms with Crippen molar-refractivity contribution >= 4 is 46.5 Å². The predicted molar refractivity (Wildman–Crippen MR) is 222 cm³/mol. The quantitative estimate of drug-likeness (QED) is 0.141. The maximum atomic E-state index is 13.9. The summed E-state index contributed by atoms with van der Waals surface area (Å²) in [7, 11) is 2.44. The first-order valence-corrected chi connectivity index (χ1v) is 20.9. The summed E-state index contributed by atoms with van der Waals surface area (Å²) in [5.74, 6) is 3.38. The molecule has 57 heavy (non-hydrogen) atoms. The van der Waals surface area contributed by atoms with Crippen molar-refractivity contribution in [1.82, 2.24) is 14.8 Å². The molecule has 0 bridgehead atoms. The van der Waals surface area contributed by atoms with Gasteiger partial charge in [0.05, 0.1) is 62.0 Å². The maximum absolute atomic E-state index is 13.9. The first-order chi connectivity index (χ1) is 28.0. The lowest BCUT2D eigenvalue weighted by molar-refractivity contribution is 0.0696. The molecular weight excluding hydrogens is 739 g/mol. The van der Waals surface area contributed by atoms with Crippen LogP contribution in [0.1, 0.15) is 43.0 Å². The Hall–Kier alpha value is -6.14. The molecule has 0 radical (unpaired) electrons. The normalized spacial score (nSPS) is 17.8. The zero-order valence-corrected chi connectivity index (χ0v) is 32.7. The third-order valence-corrected chi connectivity index (χ3v) is 13.6. The van der Waals surface area contributed by atoms with Crippen LogP contribution in [-0.2, 0) is 25.9 Å². The molecule has 0 spiro atoms. The molecule has 4 aliphatic rings. The second-order valence-corrected chi connectivity index (χ2v) is 16.9. The van der Waals surface area contributed by atoms with Crippen molar-refractivity contribution in [2.45, 2.75) is 42.9 Å². The topological polar surface area (TPSA) is 115 Å². The van der Waals surface area contributed by atoms with Gasteiger partial charge in [-0.2, -0.15) is 0 Å². The van der Waals surface area contributed by atoms with Crippen LogP contribution in [0.25, 0.3) is 0 Å². The van der Waals surface area contributed by atoms with E-state index in [4.69, 9.17) is 28.9 Å². The van der Waals surface area contributed by atoms with Crippen LogP contribution in [0.3, 0.4) is 0 Å². The van der Waals surface area contributed by atoms with Crippen molar-refractivity contribution in [2.75, 3.05) is 38.9 Å². The van der Waals surface area contributed by atoms with Gasteiger partial charge in [-0.05, 0) is 64.3 Å². The average Bonchev–Trinajstić information content (AvgIpc) is 3.46. The van der Waals surface area contributed by atoms with E-state index in [9.17, 15) is 9.59 Å². The summed E-state index contributed by atoms with van der Waals surface area (Å²) in [4.78, 5) is 46.5. The van der Waals surface area contributed by atoms with Crippen molar-refractivity contribution in [3.8, 4) is 23.0 Å². The second kappa shape index (κ2) is 15.8. The van der Waals surface area contributed by atoms with Crippen LogP contribution < -0.4 is 18.9 Å². The van der Waals surface area contributed by atoms with Crippen molar-refractivity contribution in [3.63, 3.8) is 0 Å². The molecule has 0 saturated carbocycles. The Balaban J connectivity index is 0.887. The highest BCUT2D eigenvalue weighted by molar-refractivity contribution is 8.17. The Morgan fingerprint density at radius 3 is 1.53 bits per heavy atom. The molecule has 12 heteroatoms. The summed E-state index contributed by atoms with van der Waals surface area (Å²) in [5, 5.41) is 0. The van der Waals surface area contributed by atoms with E-state index in [2.05, 4.69) is 29.2 Å². The average molecular weight is 782 g/mol. The molecule has 2 amide bonds. The van der Waals surface area contributed by atoms with E-state index >= 15 is 0 Å². The van der Waals surface area contributed by atoms with Gasteiger partial charge in [0.1, 0.15) is 0 Å². The minimum atomic E-state index is -0.735. The van der Waals surface area contributed by atoms with Gasteiger partial charge in [0, 0.05) is 61.6 Å². The number of amides is 2. The molecule has 5 heterocycles. The van der Waals surface area contributed by atoms with Gasteiger partial charge in [-0.25, -0.2) is 10.9 Å². The highest BCUT2D eigenvalue weighted by Gasteiger charge is 2.35. The summed E-state index contributed by atoms with van der Waals surface area (Å²) in [6.07, 6.45) is 8.82. The van der Waals surface area contributed by atoms with E-state index in [1.165, 1.54) is 16.0 Å². The number of nitrogens with zero attached hydrogens (tertiary/aromatic N) is 5. The van der Waals surface area contributed by atoms with E-state index in [-0.39, 0.29) is 23.9 Å². The summed E-state index contributed by atoms with van der Waals surface area (Å²) < 4.78 is 24.3. The highest BCUT2D eigenvalue weighted by Crippen LogP contribution is 2.42. The number of carbonyl (C=O) groups is 2. The van der Waals surface area contributed by atoms with Crippen LogP contribution in [-0.4, -0.2) is 90.1 Å². The summed E-state index contributed by atoms with van der Waals surface area (Å²) >= 11 is 0. The molecule has 11 nitrogen and oxygen atoms in total. The number of hydrogen-bond donors (Lipinski definition) is 1. The fourth-order valence-corrected chi connectivity index (χ4v) is 10.0. The number of fused-ring (bicyclic) bond motifs is 6. The number of methoxy groups -OCH3 is 2. The number of aromatic nitrogens is 1. The molecule has 4 aliphatic heterocycles. The van der Waals surface area contributed by atoms with Gasteiger partial charge in [0.25, 0.3) is 11.8 Å². The zero-order chi connectivity index (χ0) is 38.9. The maximum Gasteiger partial charge on any atom is 0.257 e. The fraction of sp³-hybridized carbons (Fsp3) is 0.267. The minimum absolute atomic E-state index is 0.0701. The van der Waals surface area contributed by atoms with Gasteiger partial charge in [0.2, 0.25) is 0 Å². The fourth-order valence-electron chi connectivity index (χ4n) is 8.10. The smallest absolute Gasteiger partial charge is 0.257 e. The lowest BCUT2D eigenvalue weighted by Crippen LogP contribution is -2.44. The Morgan fingerprint density at radius 2 is 1.07 bits per heavy atom. The number of carbonyl (C=O) groups excluding carboxylic acids is 2. The van der Waals surface area contributed by atoms with Crippen LogP contribution in [0.5, 0.6) is 23.0 Å². The van der Waals surface area contributed by atoms with Crippen LogP contribution in [0.2, 0.25) is 0 Å². The molecule has 9 rings (SSSR count). The van der Waals surface area contributed by atoms with Crippen LogP contribution in [0.15, 0.2) is 112 Å². The van der Waals surface area contributed by atoms with Crippen molar-refractivity contribution in [2.24, 2.45) is 9.98 Å². The second-order valence-electron chi connectivity index (χ2n) is 14.4. The van der Waals surface area contributed by atoms with E-state index in [0.717, 1.165) is 35.5 Å². The van der Waals surface area contributed by atoms with Crippen LogP contribution >= 0.6 is 10.9 Å². The largest absolute Gasteiger partial charge is 0.493 e. The molecule has 0 saturated heterocycles. The molecule has 4 aromatic carbocycles. The standard InChI is InChI=1S/C45H43N5O6S/c1-53-40-21-36-38(47-25-33-19-29-7-3-5-9-31(29)27-49(33)44(36)51)23-42(40)55-15-17-57(35-11-13-46-14-12-35)18-16-56-43-24-39-37(22-41(43)54-2)45(52)50-28-32-10-6-4-8-30(32)20-34(50)26-48-39/h3-14,21-26,33-34,57H,15-20,27-28H2,1-2H3/t33-,34-/m0/s1. The third kappa shape index (κ3) is 7.21. The molecule has 1 aromatic heterocycles. The number of ether oxygens (including phenoxy) is 4. The Morgan fingerprint density at radius 1 is 0.614 bits per heavy atom.